The summed E-state index contributed by atoms with van der Waals surface area (Å²) in [4.78, 5) is 14.7. The summed E-state index contributed by atoms with van der Waals surface area (Å²) in [5.41, 5.74) is 0.556. The number of carbonyl (C=O) groups excluding carboxylic acids is 1. The number of benzene rings is 1. The third kappa shape index (κ3) is 5.28. The molecule has 1 heterocycles. The lowest BCUT2D eigenvalue weighted by Crippen LogP contribution is -2.30. The number of hydrogen-bond donors (Lipinski definition) is 0. The summed E-state index contributed by atoms with van der Waals surface area (Å²) in [6.07, 6.45) is 7.81. The predicted octanol–water partition coefficient (Wildman–Crippen LogP) is 5.22. The van der Waals surface area contributed by atoms with Crippen LogP contribution in [0.5, 0.6) is 0 Å². The lowest BCUT2D eigenvalue weighted by Gasteiger charge is -2.26. The lowest BCUT2D eigenvalue weighted by molar-refractivity contribution is 0.0978. The molecule has 0 saturated carbocycles. The Balaban J connectivity index is 1.66. The van der Waals surface area contributed by atoms with Gasteiger partial charge in [-0.05, 0) is 57.5 Å². The average molecular weight is 328 g/mol. The number of piperidine rings is 1. The van der Waals surface area contributed by atoms with Crippen molar-refractivity contribution in [1.29, 1.82) is 0 Å². The third-order valence-electron chi connectivity index (χ3n) is 4.08. The van der Waals surface area contributed by atoms with E-state index >= 15 is 0 Å². The fourth-order valence-corrected chi connectivity index (χ4v) is 3.24. The van der Waals surface area contributed by atoms with E-state index in [1.54, 1.807) is 18.2 Å². The Kier molecular flexibility index (Phi) is 7.01. The molecule has 0 N–H and O–H groups in total. The molecule has 116 valence electrons. The van der Waals surface area contributed by atoms with E-state index in [1.165, 1.54) is 45.3 Å². The van der Waals surface area contributed by atoms with Crippen LogP contribution in [0.2, 0.25) is 10.0 Å². The van der Waals surface area contributed by atoms with Crippen molar-refractivity contribution in [2.24, 2.45) is 0 Å². The zero-order valence-corrected chi connectivity index (χ0v) is 13.9. The van der Waals surface area contributed by atoms with Crippen LogP contribution >= 0.6 is 23.2 Å². The van der Waals surface area contributed by atoms with E-state index < -0.39 is 0 Å². The molecule has 1 aliphatic heterocycles. The van der Waals surface area contributed by atoms with Gasteiger partial charge in [0.05, 0.1) is 10.0 Å². The summed E-state index contributed by atoms with van der Waals surface area (Å²) in [5, 5.41) is 0.838. The molecule has 21 heavy (non-hydrogen) atoms. The van der Waals surface area contributed by atoms with Crippen molar-refractivity contribution in [3.05, 3.63) is 33.8 Å². The van der Waals surface area contributed by atoms with Gasteiger partial charge in [-0.1, -0.05) is 42.1 Å². The molecule has 0 unspecified atom stereocenters. The largest absolute Gasteiger partial charge is 0.303 e. The first-order chi connectivity index (χ1) is 10.2. The zero-order chi connectivity index (χ0) is 15.1. The van der Waals surface area contributed by atoms with E-state index in [9.17, 15) is 4.79 Å². The number of carbonyl (C=O) groups is 1. The Morgan fingerprint density at radius 2 is 1.81 bits per heavy atom. The molecule has 1 saturated heterocycles. The van der Waals surface area contributed by atoms with Crippen molar-refractivity contribution in [2.75, 3.05) is 19.6 Å². The Morgan fingerprint density at radius 1 is 1.05 bits per heavy atom. The first-order valence-corrected chi connectivity index (χ1v) is 8.63. The molecule has 1 fully saturated rings. The normalized spacial score (nSPS) is 16.1. The molecular weight excluding hydrogens is 305 g/mol. The topological polar surface area (TPSA) is 20.3 Å². The Hall–Kier alpha value is -0.570. The second kappa shape index (κ2) is 8.77. The molecule has 2 nitrogen and oxygen atoms in total. The fourth-order valence-electron chi connectivity index (χ4n) is 2.83. The number of nitrogens with zero attached hydrogens (tertiary/aromatic N) is 1. The maximum absolute atomic E-state index is 12.1. The van der Waals surface area contributed by atoms with Gasteiger partial charge in [-0.25, -0.2) is 0 Å². The monoisotopic (exact) mass is 327 g/mol. The van der Waals surface area contributed by atoms with Crippen LogP contribution in [0.3, 0.4) is 0 Å². The molecule has 4 heteroatoms. The van der Waals surface area contributed by atoms with Crippen LogP contribution < -0.4 is 0 Å². The second-order valence-corrected chi connectivity index (χ2v) is 6.52. The SMILES string of the molecule is O=C(CCCCCN1CCCCC1)c1cccc(Cl)c1Cl. The number of rotatable bonds is 7. The first-order valence-electron chi connectivity index (χ1n) is 7.88. The van der Waals surface area contributed by atoms with Crippen molar-refractivity contribution in [2.45, 2.75) is 44.9 Å². The molecule has 1 aromatic rings. The van der Waals surface area contributed by atoms with Crippen LogP contribution in [-0.2, 0) is 0 Å². The highest BCUT2D eigenvalue weighted by Crippen LogP contribution is 2.26. The molecule has 2 rings (SSSR count). The number of halogens is 2. The first kappa shape index (κ1) is 16.8. The number of likely N-dealkylation sites (tertiary alicyclic amines) is 1. The van der Waals surface area contributed by atoms with Gasteiger partial charge in [-0.15, -0.1) is 0 Å². The van der Waals surface area contributed by atoms with Crippen molar-refractivity contribution >= 4 is 29.0 Å². The third-order valence-corrected chi connectivity index (χ3v) is 4.90. The van der Waals surface area contributed by atoms with Gasteiger partial charge in [-0.3, -0.25) is 4.79 Å². The lowest BCUT2D eigenvalue weighted by atomic mass is 10.0. The minimum absolute atomic E-state index is 0.0977. The van der Waals surface area contributed by atoms with Gasteiger partial charge in [0.1, 0.15) is 0 Å². The number of Topliss-reactive ketones (excluding diaryl/α,β-unsaturated/α-hetero) is 1. The van der Waals surface area contributed by atoms with Gasteiger partial charge in [0.2, 0.25) is 0 Å². The van der Waals surface area contributed by atoms with Crippen LogP contribution in [0.1, 0.15) is 55.3 Å². The maximum Gasteiger partial charge on any atom is 0.164 e. The molecule has 1 aromatic carbocycles. The van der Waals surface area contributed by atoms with E-state index in [2.05, 4.69) is 4.90 Å². The van der Waals surface area contributed by atoms with Gasteiger partial charge in [0.25, 0.3) is 0 Å². The highest BCUT2D eigenvalue weighted by molar-refractivity contribution is 6.43. The summed E-state index contributed by atoms with van der Waals surface area (Å²) in [5.74, 6) is 0.0977. The van der Waals surface area contributed by atoms with E-state index in [0.717, 1.165) is 12.8 Å². The van der Waals surface area contributed by atoms with Crippen molar-refractivity contribution in [3.63, 3.8) is 0 Å². The molecule has 0 aliphatic carbocycles. The maximum atomic E-state index is 12.1. The smallest absolute Gasteiger partial charge is 0.164 e. The average Bonchev–Trinajstić information content (AvgIpc) is 2.50. The molecule has 0 spiro atoms. The van der Waals surface area contributed by atoms with Gasteiger partial charge in [0, 0.05) is 12.0 Å². The van der Waals surface area contributed by atoms with Crippen LogP contribution in [0, 0.1) is 0 Å². The van der Waals surface area contributed by atoms with Gasteiger partial charge >= 0.3 is 0 Å². The molecule has 0 atom stereocenters. The summed E-state index contributed by atoms with van der Waals surface area (Å²) < 4.78 is 0. The Morgan fingerprint density at radius 3 is 2.57 bits per heavy atom. The van der Waals surface area contributed by atoms with Gasteiger partial charge in [0.15, 0.2) is 5.78 Å². The number of unbranched alkanes of at least 4 members (excludes halogenated alkanes) is 2. The summed E-state index contributed by atoms with van der Waals surface area (Å²) in [7, 11) is 0. The van der Waals surface area contributed by atoms with E-state index in [1.807, 2.05) is 0 Å². The standard InChI is InChI=1S/C17H23Cl2NO/c18-15-9-7-8-14(17(15)19)16(21)10-3-1-4-11-20-12-5-2-6-13-20/h7-9H,1-6,10-13H2. The predicted molar refractivity (Wildman–Crippen MR) is 89.6 cm³/mol. The van der Waals surface area contributed by atoms with Crippen molar-refractivity contribution < 1.29 is 4.79 Å². The Labute approximate surface area is 137 Å². The molecule has 0 radical (unpaired) electrons. The number of hydrogen-bond acceptors (Lipinski definition) is 2. The summed E-state index contributed by atoms with van der Waals surface area (Å²) in [6.45, 7) is 3.67. The minimum atomic E-state index is 0.0977. The van der Waals surface area contributed by atoms with E-state index in [-0.39, 0.29) is 5.78 Å². The Bertz CT molecular complexity index is 470. The summed E-state index contributed by atoms with van der Waals surface area (Å²) in [6, 6.07) is 5.24. The molecule has 0 amide bonds. The highest BCUT2D eigenvalue weighted by Gasteiger charge is 2.12. The molecular formula is C17H23Cl2NO. The van der Waals surface area contributed by atoms with Crippen LogP contribution in [-0.4, -0.2) is 30.3 Å². The zero-order valence-electron chi connectivity index (χ0n) is 12.4. The van der Waals surface area contributed by atoms with Gasteiger partial charge in [-0.2, -0.15) is 0 Å². The highest BCUT2D eigenvalue weighted by atomic mass is 35.5. The molecule has 0 bridgehead atoms. The van der Waals surface area contributed by atoms with Crippen LogP contribution in [0.4, 0.5) is 0 Å². The molecule has 1 aliphatic rings. The fraction of sp³-hybridized carbons (Fsp3) is 0.588. The van der Waals surface area contributed by atoms with E-state index in [4.69, 9.17) is 23.2 Å². The minimum Gasteiger partial charge on any atom is -0.303 e. The second-order valence-electron chi connectivity index (χ2n) is 5.74. The van der Waals surface area contributed by atoms with Gasteiger partial charge < -0.3 is 4.90 Å². The van der Waals surface area contributed by atoms with Crippen LogP contribution in [0.15, 0.2) is 18.2 Å². The quantitative estimate of drug-likeness (QED) is 0.505. The van der Waals surface area contributed by atoms with Crippen molar-refractivity contribution in [1.82, 2.24) is 4.90 Å². The molecule has 0 aromatic heterocycles. The summed E-state index contributed by atoms with van der Waals surface area (Å²) >= 11 is 12.0. The van der Waals surface area contributed by atoms with Crippen LogP contribution in [0.25, 0.3) is 0 Å². The van der Waals surface area contributed by atoms with Crippen molar-refractivity contribution in [3.8, 4) is 0 Å². The number of ketones is 1. The van der Waals surface area contributed by atoms with E-state index in [0.29, 0.717) is 22.0 Å².